The fourth-order valence-electron chi connectivity index (χ4n) is 4.71. The summed E-state index contributed by atoms with van der Waals surface area (Å²) in [4.78, 5) is 28.4. The Morgan fingerprint density at radius 2 is 1.73 bits per heavy atom. The maximum Gasteiger partial charge on any atom is 0.302 e. The molecule has 1 aliphatic carbocycles. The lowest BCUT2D eigenvalue weighted by molar-refractivity contribution is -0.694. The first-order chi connectivity index (χ1) is 17.2. The van der Waals surface area contributed by atoms with E-state index in [1.165, 1.54) is 23.1 Å². The third-order valence-electron chi connectivity index (χ3n) is 7.37. The van der Waals surface area contributed by atoms with Gasteiger partial charge in [-0.1, -0.05) is 74.1 Å². The lowest BCUT2D eigenvalue weighted by atomic mass is 9.85. The predicted molar refractivity (Wildman–Crippen MR) is 144 cm³/mol. The Balaban J connectivity index is 2.41. The molecule has 5 nitrogen and oxygen atoms in total. The second-order valence-electron chi connectivity index (χ2n) is 10.8. The fourth-order valence-corrected chi connectivity index (χ4v) is 5.74. The molecule has 0 bridgehead atoms. The quantitative estimate of drug-likeness (QED) is 0.118. The van der Waals surface area contributed by atoms with E-state index in [0.717, 1.165) is 17.5 Å². The molecule has 0 heterocycles. The van der Waals surface area contributed by atoms with Gasteiger partial charge in [-0.2, -0.15) is 0 Å². The summed E-state index contributed by atoms with van der Waals surface area (Å²) in [5.41, 5.74) is 8.18. The van der Waals surface area contributed by atoms with E-state index in [-0.39, 0.29) is 33.2 Å². The van der Waals surface area contributed by atoms with Crippen LogP contribution in [-0.2, 0) is 4.79 Å². The van der Waals surface area contributed by atoms with E-state index in [1.54, 1.807) is 0 Å². The molecule has 2 unspecified atom stereocenters. The van der Waals surface area contributed by atoms with Crippen LogP contribution < -0.4 is 0 Å². The summed E-state index contributed by atoms with van der Waals surface area (Å²) in [7, 11) is 0. The molecule has 206 valence electrons. The van der Waals surface area contributed by atoms with E-state index in [0.29, 0.717) is 25.2 Å². The number of nitrogens with zero attached hydrogens (tertiary/aromatic N) is 2. The van der Waals surface area contributed by atoms with Crippen molar-refractivity contribution < 1.29 is 23.1 Å². The molecule has 2 rings (SSSR count). The molecule has 1 fully saturated rings. The summed E-state index contributed by atoms with van der Waals surface area (Å²) in [6.45, 7) is 11.3. The number of carbonyl (C=O) groups is 2. The second kappa shape index (κ2) is 13.5. The molecule has 0 saturated heterocycles. The number of ketones is 1. The molecule has 1 N–H and O–H groups in total. The van der Waals surface area contributed by atoms with Crippen LogP contribution in [0.2, 0.25) is 15.1 Å². The van der Waals surface area contributed by atoms with Gasteiger partial charge >= 0.3 is 6.43 Å². The topological polar surface area (TPSA) is 64.2 Å². The molecular formula is C27H37Cl3F2N3O2+. The average molecular weight is 580 g/mol. The van der Waals surface area contributed by atoms with E-state index in [9.17, 15) is 18.4 Å². The first-order valence-corrected chi connectivity index (χ1v) is 13.7. The minimum atomic E-state index is -2.96. The summed E-state index contributed by atoms with van der Waals surface area (Å²) in [6, 6.07) is 0.701. The van der Waals surface area contributed by atoms with Crippen molar-refractivity contribution in [1.82, 2.24) is 4.90 Å². The highest BCUT2D eigenvalue weighted by Crippen LogP contribution is 2.32. The van der Waals surface area contributed by atoms with Gasteiger partial charge in [0.05, 0.1) is 22.2 Å². The molecule has 1 saturated carbocycles. The van der Waals surface area contributed by atoms with Gasteiger partial charge in [0.1, 0.15) is 5.92 Å². The van der Waals surface area contributed by atoms with Crippen molar-refractivity contribution in [2.75, 3.05) is 13.1 Å². The van der Waals surface area contributed by atoms with Gasteiger partial charge in [0.25, 0.3) is 6.04 Å². The predicted octanol–water partition coefficient (Wildman–Crippen LogP) is 8.15. The van der Waals surface area contributed by atoms with Gasteiger partial charge in [-0.05, 0) is 42.7 Å². The molecule has 1 aliphatic rings. The van der Waals surface area contributed by atoms with Crippen LogP contribution in [0, 0.1) is 22.8 Å². The fraction of sp³-hybridized carbons (Fsp3) is 0.630. The first-order valence-electron chi connectivity index (χ1n) is 12.6. The number of nitrogens with one attached hydrogen (secondary N) is 1. The number of amides is 1. The largest absolute Gasteiger partial charge is 0.334 e. The number of hydrogen-bond acceptors (Lipinski definition) is 3. The Labute approximate surface area is 233 Å². The lowest BCUT2D eigenvalue weighted by Crippen LogP contribution is -2.52. The van der Waals surface area contributed by atoms with Crippen LogP contribution in [-0.4, -0.2) is 52.9 Å². The Bertz CT molecular complexity index is 988. The Morgan fingerprint density at radius 1 is 1.19 bits per heavy atom. The normalized spacial score (nSPS) is 19.8. The second-order valence-corrected chi connectivity index (χ2v) is 12.0. The zero-order valence-electron chi connectivity index (χ0n) is 21.9. The molecule has 1 amide bonds. The smallest absolute Gasteiger partial charge is 0.302 e. The molecule has 37 heavy (non-hydrogen) atoms. The molecule has 0 radical (unpaired) electrons. The maximum atomic E-state index is 14.4. The van der Waals surface area contributed by atoms with Crippen LogP contribution in [0.1, 0.15) is 70.2 Å². The van der Waals surface area contributed by atoms with Crippen molar-refractivity contribution in [2.24, 2.45) is 17.3 Å². The zero-order chi connectivity index (χ0) is 28.1. The van der Waals surface area contributed by atoms with Crippen LogP contribution in [0.3, 0.4) is 0 Å². The number of rotatable bonds is 12. The summed E-state index contributed by atoms with van der Waals surface area (Å²) in [6.07, 6.45) is 1.81. The molecule has 0 spiro atoms. The SMILES string of the molecule is C=CC(C(=O)N(CC(=O)c1c(Cl)cc(Cl)cc1Cl)CC(C)(C)CC)C(C(F)F)[N+](=N)C1CCC(C)CC1. The molecular weight excluding hydrogens is 543 g/mol. The summed E-state index contributed by atoms with van der Waals surface area (Å²) in [5, 5.41) is 0.337. The standard InChI is InChI=1S/C27H37Cl3F2N3O2/c1-6-19(24(25(31)32)35(33)18-10-8-16(3)9-11-18)26(37)34(15-27(4,5)7-2)14-22(36)23-20(29)12-17(28)13-21(23)30/h6,12-13,16,18-19,24-25,33H,1,7-11,14-15H2,2-5H3/q+1. The highest BCUT2D eigenvalue weighted by atomic mass is 35.5. The van der Waals surface area contributed by atoms with Gasteiger partial charge in [-0.3, -0.25) is 9.59 Å². The van der Waals surface area contributed by atoms with Crippen molar-refractivity contribution in [2.45, 2.75) is 78.3 Å². The van der Waals surface area contributed by atoms with Crippen molar-refractivity contribution in [3.8, 4) is 0 Å². The van der Waals surface area contributed by atoms with Gasteiger partial charge < -0.3 is 4.90 Å². The minimum absolute atomic E-state index is 0.0128. The van der Waals surface area contributed by atoms with Gasteiger partial charge in [-0.25, -0.2) is 8.78 Å². The van der Waals surface area contributed by atoms with Crippen LogP contribution in [0.4, 0.5) is 8.78 Å². The van der Waals surface area contributed by atoms with E-state index in [2.05, 4.69) is 13.5 Å². The molecule has 2 atom stereocenters. The summed E-state index contributed by atoms with van der Waals surface area (Å²) < 4.78 is 29.7. The van der Waals surface area contributed by atoms with Gasteiger partial charge in [0, 0.05) is 24.4 Å². The zero-order valence-corrected chi connectivity index (χ0v) is 24.1. The molecule has 10 heteroatoms. The average Bonchev–Trinajstić information content (AvgIpc) is 2.80. The maximum absolute atomic E-state index is 14.4. The minimum Gasteiger partial charge on any atom is -0.334 e. The number of alkyl halides is 2. The van der Waals surface area contributed by atoms with Gasteiger partial charge in [-0.15, -0.1) is 11.3 Å². The highest BCUT2D eigenvalue weighted by Gasteiger charge is 2.47. The number of hydrogen-bond donors (Lipinski definition) is 1. The van der Waals surface area contributed by atoms with E-state index in [1.807, 2.05) is 20.8 Å². The number of benzene rings is 1. The Hall–Kier alpha value is -1.57. The molecule has 1 aromatic carbocycles. The number of Topliss-reactive ketones (excluding diaryl/α,β-unsaturated/α-hetero) is 1. The van der Waals surface area contributed by atoms with Crippen molar-refractivity contribution in [3.63, 3.8) is 0 Å². The first kappa shape index (κ1) is 31.6. The third kappa shape index (κ3) is 8.21. The van der Waals surface area contributed by atoms with Crippen molar-refractivity contribution in [3.05, 3.63) is 45.4 Å². The van der Waals surface area contributed by atoms with E-state index >= 15 is 0 Å². The molecule has 1 aromatic rings. The number of carbonyl (C=O) groups excluding carboxylic acids is 2. The van der Waals surface area contributed by atoms with Gasteiger partial charge in [0.15, 0.2) is 11.8 Å². The molecule has 0 aromatic heterocycles. The van der Waals surface area contributed by atoms with Crippen molar-refractivity contribution >= 4 is 46.5 Å². The van der Waals surface area contributed by atoms with Crippen LogP contribution >= 0.6 is 34.8 Å². The van der Waals surface area contributed by atoms with Crippen LogP contribution in [0.5, 0.6) is 0 Å². The highest BCUT2D eigenvalue weighted by molar-refractivity contribution is 6.42. The monoisotopic (exact) mass is 578 g/mol. The number of halogens is 5. The lowest BCUT2D eigenvalue weighted by Gasteiger charge is -2.35. The van der Waals surface area contributed by atoms with Crippen LogP contribution in [0.15, 0.2) is 24.8 Å². The van der Waals surface area contributed by atoms with Gasteiger partial charge in [0.2, 0.25) is 5.91 Å². The van der Waals surface area contributed by atoms with E-state index < -0.39 is 42.0 Å². The van der Waals surface area contributed by atoms with Crippen LogP contribution in [0.25, 0.3) is 0 Å². The van der Waals surface area contributed by atoms with E-state index in [4.69, 9.17) is 40.3 Å². The summed E-state index contributed by atoms with van der Waals surface area (Å²) in [5.74, 6) is -2.12. The summed E-state index contributed by atoms with van der Waals surface area (Å²) >= 11 is 18.4. The Kier molecular flexibility index (Phi) is 11.5. The molecule has 0 aliphatic heterocycles. The third-order valence-corrected chi connectivity index (χ3v) is 8.19. The van der Waals surface area contributed by atoms with Crippen molar-refractivity contribution in [1.29, 1.82) is 5.53 Å². The Morgan fingerprint density at radius 3 is 2.19 bits per heavy atom.